The average Bonchev–Trinajstić information content (AvgIpc) is 2.43. The van der Waals surface area contributed by atoms with Gasteiger partial charge in [0.1, 0.15) is 5.75 Å². The van der Waals surface area contributed by atoms with Crippen LogP contribution in [0.25, 0.3) is 0 Å². The van der Waals surface area contributed by atoms with Gasteiger partial charge in [0.15, 0.2) is 11.7 Å². The van der Waals surface area contributed by atoms with Gasteiger partial charge in [0.2, 0.25) is 5.91 Å². The minimum atomic E-state index is -0.458. The van der Waals surface area contributed by atoms with Gasteiger partial charge in [-0.05, 0) is 30.3 Å². The molecule has 1 aromatic carbocycles. The summed E-state index contributed by atoms with van der Waals surface area (Å²) in [6.07, 6.45) is 0.353. The van der Waals surface area contributed by atoms with Gasteiger partial charge in [-0.3, -0.25) is 20.4 Å². The van der Waals surface area contributed by atoms with E-state index in [0.717, 1.165) is 0 Å². The molecule has 0 spiro atoms. The Bertz CT molecular complexity index is 552. The van der Waals surface area contributed by atoms with Crippen LogP contribution >= 0.6 is 23.8 Å². The molecule has 1 aromatic rings. The lowest BCUT2D eigenvalue weighted by Gasteiger charge is -2.12. The van der Waals surface area contributed by atoms with Crippen LogP contribution in [-0.2, 0) is 9.59 Å². The zero-order chi connectivity index (χ0) is 16.5. The third kappa shape index (κ3) is 7.24. The molecule has 0 aromatic heterocycles. The van der Waals surface area contributed by atoms with E-state index in [1.54, 1.807) is 24.3 Å². The van der Waals surface area contributed by atoms with Crippen molar-refractivity contribution in [2.45, 2.75) is 20.3 Å². The van der Waals surface area contributed by atoms with E-state index in [1.807, 2.05) is 13.8 Å². The number of nitrogens with one attached hydrogen (secondary N) is 3. The molecule has 0 atom stereocenters. The van der Waals surface area contributed by atoms with Crippen LogP contribution in [0.1, 0.15) is 20.3 Å². The largest absolute Gasteiger partial charge is 0.482 e. The SMILES string of the molecule is CC(C)CC(=O)NC(=S)NNC(=O)COc1ccccc1Cl. The number of thiocarbonyl (C=S) groups is 1. The van der Waals surface area contributed by atoms with Crippen LogP contribution in [-0.4, -0.2) is 23.5 Å². The lowest BCUT2D eigenvalue weighted by atomic mass is 10.1. The Hall–Kier alpha value is -1.86. The van der Waals surface area contributed by atoms with Gasteiger partial charge in [-0.25, -0.2) is 0 Å². The molecular formula is C14H18ClN3O3S. The van der Waals surface area contributed by atoms with Crippen molar-refractivity contribution in [3.63, 3.8) is 0 Å². The molecule has 0 saturated carbocycles. The van der Waals surface area contributed by atoms with E-state index in [1.165, 1.54) is 0 Å². The first-order valence-electron chi connectivity index (χ1n) is 6.64. The molecule has 0 unspecified atom stereocenters. The first kappa shape index (κ1) is 18.2. The van der Waals surface area contributed by atoms with Crippen molar-refractivity contribution in [3.8, 4) is 5.75 Å². The highest BCUT2D eigenvalue weighted by atomic mass is 35.5. The van der Waals surface area contributed by atoms with Crippen LogP contribution < -0.4 is 20.9 Å². The van der Waals surface area contributed by atoms with Gasteiger partial charge in [0.05, 0.1) is 5.02 Å². The normalized spacial score (nSPS) is 10.0. The Kier molecular flexibility index (Phi) is 7.62. The molecule has 1 rings (SSSR count). The minimum absolute atomic E-state index is 0.0248. The smallest absolute Gasteiger partial charge is 0.276 e. The van der Waals surface area contributed by atoms with Gasteiger partial charge in [0.25, 0.3) is 5.91 Å². The highest BCUT2D eigenvalue weighted by molar-refractivity contribution is 7.80. The number of hydrogen-bond donors (Lipinski definition) is 3. The number of halogens is 1. The first-order chi connectivity index (χ1) is 10.4. The lowest BCUT2D eigenvalue weighted by Crippen LogP contribution is -2.49. The Morgan fingerprint density at radius 1 is 1.23 bits per heavy atom. The predicted octanol–water partition coefficient (Wildman–Crippen LogP) is 1.79. The second-order valence-electron chi connectivity index (χ2n) is 4.87. The molecule has 22 heavy (non-hydrogen) atoms. The van der Waals surface area contributed by atoms with Crippen molar-refractivity contribution in [1.82, 2.24) is 16.2 Å². The summed E-state index contributed by atoms with van der Waals surface area (Å²) in [5, 5.41) is 2.90. The van der Waals surface area contributed by atoms with Crippen LogP contribution in [0.4, 0.5) is 0 Å². The number of hydrazine groups is 1. The zero-order valence-electron chi connectivity index (χ0n) is 12.3. The molecule has 3 N–H and O–H groups in total. The average molecular weight is 344 g/mol. The summed E-state index contributed by atoms with van der Waals surface area (Å²) < 4.78 is 5.25. The summed E-state index contributed by atoms with van der Waals surface area (Å²) in [4.78, 5) is 23.0. The lowest BCUT2D eigenvalue weighted by molar-refractivity contribution is -0.124. The highest BCUT2D eigenvalue weighted by Gasteiger charge is 2.08. The zero-order valence-corrected chi connectivity index (χ0v) is 13.9. The quantitative estimate of drug-likeness (QED) is 0.561. The fraction of sp³-hybridized carbons (Fsp3) is 0.357. The van der Waals surface area contributed by atoms with Crippen molar-refractivity contribution in [3.05, 3.63) is 29.3 Å². The Morgan fingerprint density at radius 2 is 1.91 bits per heavy atom. The molecule has 0 radical (unpaired) electrons. The van der Waals surface area contributed by atoms with Gasteiger partial charge in [0, 0.05) is 6.42 Å². The predicted molar refractivity (Wildman–Crippen MR) is 88.4 cm³/mol. The fourth-order valence-corrected chi connectivity index (χ4v) is 1.80. The maximum absolute atomic E-state index is 11.6. The number of para-hydroxylation sites is 1. The van der Waals surface area contributed by atoms with Crippen molar-refractivity contribution >= 4 is 40.7 Å². The van der Waals surface area contributed by atoms with Crippen LogP contribution in [0, 0.1) is 5.92 Å². The van der Waals surface area contributed by atoms with Crippen molar-refractivity contribution in [2.75, 3.05) is 6.61 Å². The fourth-order valence-electron chi connectivity index (χ4n) is 1.45. The van der Waals surface area contributed by atoms with E-state index < -0.39 is 5.91 Å². The third-order valence-corrected chi connectivity index (χ3v) is 2.87. The number of hydrogen-bond acceptors (Lipinski definition) is 4. The van der Waals surface area contributed by atoms with E-state index in [-0.39, 0.29) is 23.5 Å². The Labute approximate surface area is 139 Å². The number of rotatable bonds is 5. The highest BCUT2D eigenvalue weighted by Crippen LogP contribution is 2.22. The molecule has 0 saturated heterocycles. The summed E-state index contributed by atoms with van der Waals surface area (Å²) in [6, 6.07) is 6.82. The Balaban J connectivity index is 2.27. The van der Waals surface area contributed by atoms with Crippen LogP contribution in [0.2, 0.25) is 5.02 Å². The first-order valence-corrected chi connectivity index (χ1v) is 7.43. The Morgan fingerprint density at radius 3 is 2.55 bits per heavy atom. The summed E-state index contributed by atoms with van der Waals surface area (Å²) in [5.41, 5.74) is 4.74. The van der Waals surface area contributed by atoms with E-state index in [2.05, 4.69) is 16.2 Å². The number of benzene rings is 1. The molecule has 2 amide bonds. The van der Waals surface area contributed by atoms with E-state index in [9.17, 15) is 9.59 Å². The molecule has 120 valence electrons. The molecular weight excluding hydrogens is 326 g/mol. The van der Waals surface area contributed by atoms with Gasteiger partial charge in [-0.15, -0.1) is 0 Å². The second kappa shape index (κ2) is 9.22. The van der Waals surface area contributed by atoms with E-state index in [4.69, 9.17) is 28.6 Å². The summed E-state index contributed by atoms with van der Waals surface area (Å²) in [7, 11) is 0. The van der Waals surface area contributed by atoms with E-state index >= 15 is 0 Å². The number of carbonyl (C=O) groups excluding carboxylic acids is 2. The van der Waals surface area contributed by atoms with Gasteiger partial charge >= 0.3 is 0 Å². The molecule has 0 aliphatic carbocycles. The van der Waals surface area contributed by atoms with Gasteiger partial charge in [-0.1, -0.05) is 37.6 Å². The second-order valence-corrected chi connectivity index (χ2v) is 5.68. The van der Waals surface area contributed by atoms with E-state index in [0.29, 0.717) is 17.2 Å². The van der Waals surface area contributed by atoms with Crippen LogP contribution in [0.5, 0.6) is 5.75 Å². The van der Waals surface area contributed by atoms with Crippen molar-refractivity contribution < 1.29 is 14.3 Å². The number of amides is 2. The summed E-state index contributed by atoms with van der Waals surface area (Å²) in [5.74, 6) is -0.0389. The molecule has 0 aliphatic rings. The van der Waals surface area contributed by atoms with Gasteiger partial charge < -0.3 is 10.1 Å². The molecule has 0 heterocycles. The molecule has 0 aliphatic heterocycles. The molecule has 6 nitrogen and oxygen atoms in total. The monoisotopic (exact) mass is 343 g/mol. The number of ether oxygens (including phenoxy) is 1. The topological polar surface area (TPSA) is 79.5 Å². The molecule has 0 bridgehead atoms. The van der Waals surface area contributed by atoms with Crippen molar-refractivity contribution in [1.29, 1.82) is 0 Å². The molecule has 8 heteroatoms. The maximum atomic E-state index is 11.6. The summed E-state index contributed by atoms with van der Waals surface area (Å²) in [6.45, 7) is 3.60. The van der Waals surface area contributed by atoms with Crippen LogP contribution in [0.3, 0.4) is 0 Å². The number of carbonyl (C=O) groups is 2. The van der Waals surface area contributed by atoms with Crippen molar-refractivity contribution in [2.24, 2.45) is 5.92 Å². The van der Waals surface area contributed by atoms with Gasteiger partial charge in [-0.2, -0.15) is 0 Å². The standard InChI is InChI=1S/C14H18ClN3O3S/c1-9(2)7-12(19)16-14(22)18-17-13(20)8-21-11-6-4-3-5-10(11)15/h3-6,9H,7-8H2,1-2H3,(H,17,20)(H2,16,18,19,22). The summed E-state index contributed by atoms with van der Waals surface area (Å²) >= 11 is 10.8. The molecule has 0 fully saturated rings. The van der Waals surface area contributed by atoms with Crippen LogP contribution in [0.15, 0.2) is 24.3 Å². The minimum Gasteiger partial charge on any atom is -0.482 e. The third-order valence-electron chi connectivity index (χ3n) is 2.36. The maximum Gasteiger partial charge on any atom is 0.276 e.